The van der Waals surface area contributed by atoms with Crippen LogP contribution < -0.4 is 11.1 Å². The van der Waals surface area contributed by atoms with Crippen LogP contribution in [0.4, 0.5) is 4.39 Å². The highest BCUT2D eigenvalue weighted by Gasteiger charge is 2.18. The maximum Gasteiger partial charge on any atom is 0.220 e. The van der Waals surface area contributed by atoms with E-state index in [0.717, 1.165) is 0 Å². The van der Waals surface area contributed by atoms with Crippen molar-refractivity contribution in [2.45, 2.75) is 32.2 Å². The molecule has 0 aliphatic rings. The summed E-state index contributed by atoms with van der Waals surface area (Å²) in [6, 6.07) is 9.92. The Bertz CT molecular complexity index is 650. The average Bonchev–Trinajstić information content (AvgIpc) is 2.94. The fraction of sp³-hybridized carbons (Fsp3) is 0.353. The van der Waals surface area contributed by atoms with Crippen LogP contribution in [0.3, 0.4) is 0 Å². The Hall–Kier alpha value is -2.14. The third-order valence-electron chi connectivity index (χ3n) is 3.39. The zero-order valence-corrected chi connectivity index (χ0v) is 12.9. The molecule has 5 heteroatoms. The first-order valence-corrected chi connectivity index (χ1v) is 7.26. The van der Waals surface area contributed by atoms with E-state index in [0.29, 0.717) is 36.5 Å². The van der Waals surface area contributed by atoms with Gasteiger partial charge in [0.25, 0.3) is 0 Å². The third-order valence-corrected chi connectivity index (χ3v) is 3.39. The SMILES string of the molecule is CC(C)(CN)NC(=O)CCc1ccc(-c2ccccc2F)o1. The molecule has 0 atom stereocenters. The highest BCUT2D eigenvalue weighted by molar-refractivity contribution is 5.77. The van der Waals surface area contributed by atoms with Crippen LogP contribution in [-0.4, -0.2) is 18.0 Å². The summed E-state index contributed by atoms with van der Waals surface area (Å²) >= 11 is 0. The Labute approximate surface area is 129 Å². The number of hydrogen-bond acceptors (Lipinski definition) is 3. The summed E-state index contributed by atoms with van der Waals surface area (Å²) in [4.78, 5) is 11.9. The summed E-state index contributed by atoms with van der Waals surface area (Å²) in [5.41, 5.74) is 5.58. The molecule has 22 heavy (non-hydrogen) atoms. The number of halogens is 1. The molecule has 0 radical (unpaired) electrons. The second-order valence-electron chi connectivity index (χ2n) is 5.88. The van der Waals surface area contributed by atoms with Gasteiger partial charge in [-0.25, -0.2) is 4.39 Å². The standard InChI is InChI=1S/C17H21FN2O2/c1-17(2,11-19)20-16(21)10-8-12-7-9-15(22-12)13-5-3-4-6-14(13)18/h3-7,9H,8,10-11,19H2,1-2H3,(H,20,21). The van der Waals surface area contributed by atoms with E-state index in [1.165, 1.54) is 6.07 Å². The smallest absolute Gasteiger partial charge is 0.220 e. The van der Waals surface area contributed by atoms with E-state index >= 15 is 0 Å². The van der Waals surface area contributed by atoms with Gasteiger partial charge in [0.05, 0.1) is 5.56 Å². The number of carbonyl (C=O) groups is 1. The monoisotopic (exact) mass is 304 g/mol. The predicted octanol–water partition coefficient (Wildman–Crippen LogP) is 2.87. The van der Waals surface area contributed by atoms with Gasteiger partial charge in [0.15, 0.2) is 0 Å². The third kappa shape index (κ3) is 4.18. The van der Waals surface area contributed by atoms with Crippen molar-refractivity contribution in [1.82, 2.24) is 5.32 Å². The number of furan rings is 1. The first kappa shape index (κ1) is 16.2. The number of benzene rings is 1. The van der Waals surface area contributed by atoms with Gasteiger partial charge in [-0.2, -0.15) is 0 Å². The van der Waals surface area contributed by atoms with Gasteiger partial charge in [-0.15, -0.1) is 0 Å². The lowest BCUT2D eigenvalue weighted by atomic mass is 10.1. The Morgan fingerprint density at radius 3 is 2.68 bits per heavy atom. The molecule has 0 fully saturated rings. The van der Waals surface area contributed by atoms with Crippen LogP contribution in [0.5, 0.6) is 0 Å². The topological polar surface area (TPSA) is 68.3 Å². The Morgan fingerprint density at radius 1 is 1.27 bits per heavy atom. The molecule has 0 spiro atoms. The molecule has 2 aromatic rings. The minimum atomic E-state index is -0.418. The van der Waals surface area contributed by atoms with Gasteiger partial charge >= 0.3 is 0 Å². The number of hydrogen-bond donors (Lipinski definition) is 2. The van der Waals surface area contributed by atoms with Crippen LogP contribution in [0.15, 0.2) is 40.8 Å². The molecule has 1 heterocycles. The molecule has 0 aliphatic heterocycles. The van der Waals surface area contributed by atoms with Gasteiger partial charge in [-0.3, -0.25) is 4.79 Å². The Morgan fingerprint density at radius 2 is 2.00 bits per heavy atom. The summed E-state index contributed by atoms with van der Waals surface area (Å²) in [5, 5.41) is 2.86. The molecular weight excluding hydrogens is 283 g/mol. The normalized spacial score (nSPS) is 11.5. The van der Waals surface area contributed by atoms with Crippen molar-refractivity contribution in [2.24, 2.45) is 5.73 Å². The van der Waals surface area contributed by atoms with E-state index in [9.17, 15) is 9.18 Å². The van der Waals surface area contributed by atoms with Gasteiger partial charge in [-0.05, 0) is 38.1 Å². The molecule has 118 valence electrons. The van der Waals surface area contributed by atoms with Gasteiger partial charge in [0, 0.05) is 24.9 Å². The lowest BCUT2D eigenvalue weighted by Gasteiger charge is -2.24. The summed E-state index contributed by atoms with van der Waals surface area (Å²) in [5.74, 6) is 0.708. The van der Waals surface area contributed by atoms with Gasteiger partial charge in [0.1, 0.15) is 17.3 Å². The second kappa shape index (κ2) is 6.75. The number of nitrogens with two attached hydrogens (primary N) is 1. The molecule has 1 aromatic carbocycles. The van der Waals surface area contributed by atoms with Crippen molar-refractivity contribution in [3.05, 3.63) is 48.0 Å². The number of nitrogens with one attached hydrogen (secondary N) is 1. The molecule has 1 aromatic heterocycles. The van der Waals surface area contributed by atoms with E-state index < -0.39 is 5.54 Å². The first-order chi connectivity index (χ1) is 10.4. The largest absolute Gasteiger partial charge is 0.461 e. The molecule has 3 N–H and O–H groups in total. The lowest BCUT2D eigenvalue weighted by Crippen LogP contribution is -2.48. The average molecular weight is 304 g/mol. The highest BCUT2D eigenvalue weighted by Crippen LogP contribution is 2.25. The molecule has 1 amide bonds. The maximum atomic E-state index is 13.7. The van der Waals surface area contributed by atoms with E-state index in [-0.39, 0.29) is 11.7 Å². The van der Waals surface area contributed by atoms with E-state index in [1.54, 1.807) is 30.3 Å². The summed E-state index contributed by atoms with van der Waals surface area (Å²) in [6.07, 6.45) is 0.759. The van der Waals surface area contributed by atoms with Crippen LogP contribution in [0.2, 0.25) is 0 Å². The summed E-state index contributed by atoms with van der Waals surface area (Å²) < 4.78 is 19.3. The van der Waals surface area contributed by atoms with Crippen LogP contribution in [0, 0.1) is 5.82 Å². The van der Waals surface area contributed by atoms with E-state index in [4.69, 9.17) is 10.2 Å². The minimum Gasteiger partial charge on any atom is -0.461 e. The first-order valence-electron chi connectivity index (χ1n) is 7.26. The number of carbonyl (C=O) groups excluding carboxylic acids is 1. The number of amides is 1. The molecule has 0 bridgehead atoms. The van der Waals surface area contributed by atoms with Crippen LogP contribution in [0.1, 0.15) is 26.0 Å². The molecule has 0 saturated heterocycles. The van der Waals surface area contributed by atoms with Crippen molar-refractivity contribution in [1.29, 1.82) is 0 Å². The lowest BCUT2D eigenvalue weighted by molar-refractivity contribution is -0.122. The van der Waals surface area contributed by atoms with E-state index in [1.807, 2.05) is 13.8 Å². The Balaban J connectivity index is 1.96. The quantitative estimate of drug-likeness (QED) is 0.862. The number of aryl methyl sites for hydroxylation is 1. The van der Waals surface area contributed by atoms with Gasteiger partial charge in [0.2, 0.25) is 5.91 Å². The van der Waals surface area contributed by atoms with Crippen molar-refractivity contribution in [3.8, 4) is 11.3 Å². The fourth-order valence-electron chi connectivity index (χ4n) is 2.05. The van der Waals surface area contributed by atoms with Crippen molar-refractivity contribution >= 4 is 5.91 Å². The van der Waals surface area contributed by atoms with Gasteiger partial charge in [-0.1, -0.05) is 12.1 Å². The van der Waals surface area contributed by atoms with Crippen LogP contribution in [0.25, 0.3) is 11.3 Å². The minimum absolute atomic E-state index is 0.0840. The molecule has 0 unspecified atom stereocenters. The van der Waals surface area contributed by atoms with Crippen LogP contribution in [-0.2, 0) is 11.2 Å². The maximum absolute atomic E-state index is 13.7. The van der Waals surface area contributed by atoms with E-state index in [2.05, 4.69) is 5.32 Å². The number of rotatable bonds is 6. The molecule has 4 nitrogen and oxygen atoms in total. The fourth-order valence-corrected chi connectivity index (χ4v) is 2.05. The van der Waals surface area contributed by atoms with Crippen molar-refractivity contribution in [2.75, 3.05) is 6.54 Å². The van der Waals surface area contributed by atoms with Crippen molar-refractivity contribution < 1.29 is 13.6 Å². The van der Waals surface area contributed by atoms with Gasteiger partial charge < -0.3 is 15.5 Å². The van der Waals surface area contributed by atoms with Crippen molar-refractivity contribution in [3.63, 3.8) is 0 Å². The van der Waals surface area contributed by atoms with Crippen LogP contribution >= 0.6 is 0 Å². The molecular formula is C17H21FN2O2. The molecule has 0 saturated carbocycles. The summed E-state index contributed by atoms with van der Waals surface area (Å²) in [6.45, 7) is 4.11. The molecule has 0 aliphatic carbocycles. The summed E-state index contributed by atoms with van der Waals surface area (Å²) in [7, 11) is 0. The zero-order valence-electron chi connectivity index (χ0n) is 12.9. The zero-order chi connectivity index (χ0) is 16.2. The Kier molecular flexibility index (Phi) is 4.98. The highest BCUT2D eigenvalue weighted by atomic mass is 19.1. The second-order valence-corrected chi connectivity index (χ2v) is 5.88. The molecule has 2 rings (SSSR count). The predicted molar refractivity (Wildman–Crippen MR) is 83.7 cm³/mol.